The Labute approximate surface area is 265 Å². The summed E-state index contributed by atoms with van der Waals surface area (Å²) in [7, 11) is 0. The molecule has 12 nitrogen and oxygen atoms in total. The number of aromatic amines is 1. The predicted octanol–water partition coefficient (Wildman–Crippen LogP) is 4.28. The molecule has 0 bridgehead atoms. The maximum atomic E-state index is 14.6. The van der Waals surface area contributed by atoms with E-state index in [2.05, 4.69) is 25.6 Å². The van der Waals surface area contributed by atoms with E-state index in [4.69, 9.17) is 15.5 Å². The Balaban J connectivity index is 0.00000461. The molecular weight excluding hydrogens is 608 g/mol. The molecule has 3 aromatic heterocycles. The molecular formula is C30H38ClF2N9O3. The fraction of sp³-hybridized carbons (Fsp3) is 0.467. The number of nitrogens with two attached hydrogens (primary N) is 1. The number of ether oxygens (including phenoxy) is 1. The van der Waals surface area contributed by atoms with E-state index in [1.54, 1.807) is 43.7 Å². The molecule has 0 aliphatic carbocycles. The van der Waals surface area contributed by atoms with Crippen molar-refractivity contribution < 1.29 is 23.1 Å². The van der Waals surface area contributed by atoms with Crippen LogP contribution in [-0.2, 0) is 14.3 Å². The average molecular weight is 646 g/mol. The smallest absolute Gasteiger partial charge is 0.329 e. The van der Waals surface area contributed by atoms with E-state index in [-0.39, 0.29) is 41.9 Å². The van der Waals surface area contributed by atoms with Crippen molar-refractivity contribution in [1.29, 1.82) is 0 Å². The molecule has 0 unspecified atom stereocenters. The third kappa shape index (κ3) is 7.06. The Bertz CT molecular complexity index is 1660. The number of carbonyl (C=O) groups excluding carboxylic acids is 2. The highest BCUT2D eigenvalue weighted by molar-refractivity contribution is 5.87. The summed E-state index contributed by atoms with van der Waals surface area (Å²) >= 11 is 0. The lowest BCUT2D eigenvalue weighted by molar-refractivity contribution is -0.154. The van der Waals surface area contributed by atoms with E-state index in [0.29, 0.717) is 35.6 Å². The van der Waals surface area contributed by atoms with E-state index >= 15 is 0 Å². The van der Waals surface area contributed by atoms with Crippen molar-refractivity contribution in [2.75, 3.05) is 11.4 Å². The van der Waals surface area contributed by atoms with Crippen LogP contribution in [0, 0.1) is 23.5 Å². The molecule has 4 heterocycles. The van der Waals surface area contributed by atoms with Gasteiger partial charge in [-0.25, -0.2) is 28.1 Å². The molecule has 0 spiro atoms. The fourth-order valence-electron chi connectivity index (χ4n) is 5.24. The van der Waals surface area contributed by atoms with Gasteiger partial charge >= 0.3 is 5.97 Å². The number of esters is 1. The first-order chi connectivity index (χ1) is 20.9. The molecule has 5 rings (SSSR count). The van der Waals surface area contributed by atoms with Crippen LogP contribution in [0.25, 0.3) is 17.0 Å². The summed E-state index contributed by atoms with van der Waals surface area (Å²) in [5, 5.41) is 14.2. The zero-order valence-electron chi connectivity index (χ0n) is 25.7. The topological polar surface area (TPSA) is 156 Å². The second-order valence-electron chi connectivity index (χ2n) is 11.8. The minimum absolute atomic E-state index is 0. The second kappa shape index (κ2) is 13.9. The standard InChI is InChI=1S/C30H37F2N9O3.ClH/c1-15(2)24(33)29(42)36-25(16(3)4)30(43)44-17(5)26-37-27(39-38-26)20-14-34-41-12-10-23(35-28(20)41)40-11-6-7-22(40)19-13-18(31)8-9-21(19)32;/h8-10,12-17,22,24-25H,6-7,11,33H2,1-5H3,(H,36,42)(H,37,38,39);1H/t17-,22+,24-,25-;/m0./s1. The van der Waals surface area contributed by atoms with Gasteiger partial charge in [0.2, 0.25) is 5.91 Å². The number of benzene rings is 1. The lowest BCUT2D eigenvalue weighted by atomic mass is 10.0. The molecule has 4 atom stereocenters. The van der Waals surface area contributed by atoms with Crippen LogP contribution in [0.3, 0.4) is 0 Å². The molecule has 15 heteroatoms. The van der Waals surface area contributed by atoms with Crippen molar-refractivity contribution in [1.82, 2.24) is 35.1 Å². The number of carbonyl (C=O) groups is 2. The molecule has 242 valence electrons. The first-order valence-electron chi connectivity index (χ1n) is 14.7. The Morgan fingerprint density at radius 3 is 2.58 bits per heavy atom. The minimum Gasteiger partial charge on any atom is -0.453 e. The highest BCUT2D eigenvalue weighted by Crippen LogP contribution is 2.37. The predicted molar refractivity (Wildman–Crippen MR) is 165 cm³/mol. The van der Waals surface area contributed by atoms with Gasteiger partial charge in [-0.3, -0.25) is 9.89 Å². The molecule has 1 amide bonds. The minimum atomic E-state index is -0.894. The molecule has 0 radical (unpaired) electrons. The van der Waals surface area contributed by atoms with Gasteiger partial charge in [0, 0.05) is 18.3 Å². The van der Waals surface area contributed by atoms with E-state index in [1.807, 2.05) is 18.7 Å². The van der Waals surface area contributed by atoms with Crippen LogP contribution in [0.1, 0.15) is 71.0 Å². The monoisotopic (exact) mass is 645 g/mol. The molecule has 1 aliphatic rings. The van der Waals surface area contributed by atoms with Gasteiger partial charge < -0.3 is 20.7 Å². The van der Waals surface area contributed by atoms with E-state index in [9.17, 15) is 18.4 Å². The number of anilines is 1. The van der Waals surface area contributed by atoms with Gasteiger partial charge in [0.05, 0.1) is 23.8 Å². The van der Waals surface area contributed by atoms with E-state index in [1.165, 1.54) is 6.07 Å². The van der Waals surface area contributed by atoms with E-state index in [0.717, 1.165) is 18.6 Å². The normalized spacial score (nSPS) is 16.9. The number of hydrogen-bond acceptors (Lipinski definition) is 9. The van der Waals surface area contributed by atoms with Crippen LogP contribution in [0.4, 0.5) is 14.6 Å². The number of H-pyrrole nitrogens is 1. The highest BCUT2D eigenvalue weighted by atomic mass is 35.5. The Morgan fingerprint density at radius 1 is 1.11 bits per heavy atom. The lowest BCUT2D eigenvalue weighted by Gasteiger charge is -2.26. The van der Waals surface area contributed by atoms with Crippen LogP contribution >= 0.6 is 12.4 Å². The highest BCUT2D eigenvalue weighted by Gasteiger charge is 2.32. The summed E-state index contributed by atoms with van der Waals surface area (Å²) in [4.78, 5) is 36.8. The zero-order chi connectivity index (χ0) is 31.7. The van der Waals surface area contributed by atoms with Crippen molar-refractivity contribution in [3.63, 3.8) is 0 Å². The summed E-state index contributed by atoms with van der Waals surface area (Å²) < 4.78 is 35.8. The average Bonchev–Trinajstić information content (AvgIpc) is 3.75. The third-order valence-corrected chi connectivity index (χ3v) is 7.88. The molecule has 1 aromatic carbocycles. The van der Waals surface area contributed by atoms with Gasteiger partial charge in [-0.1, -0.05) is 27.7 Å². The number of halogens is 3. The Morgan fingerprint density at radius 2 is 1.87 bits per heavy atom. The number of hydrogen-bond donors (Lipinski definition) is 3. The number of nitrogens with zero attached hydrogens (tertiary/aromatic N) is 6. The van der Waals surface area contributed by atoms with E-state index < -0.39 is 41.7 Å². The van der Waals surface area contributed by atoms with Crippen LogP contribution < -0.4 is 16.0 Å². The van der Waals surface area contributed by atoms with Crippen molar-refractivity contribution in [3.8, 4) is 11.4 Å². The summed E-state index contributed by atoms with van der Waals surface area (Å²) in [5.41, 5.74) is 7.23. The molecule has 0 saturated carbocycles. The van der Waals surface area contributed by atoms with Gasteiger partial charge in [0.15, 0.2) is 23.4 Å². The van der Waals surface area contributed by atoms with Crippen LogP contribution in [-0.4, -0.2) is 60.3 Å². The molecule has 45 heavy (non-hydrogen) atoms. The number of amides is 1. The number of rotatable bonds is 10. The maximum Gasteiger partial charge on any atom is 0.329 e. The zero-order valence-corrected chi connectivity index (χ0v) is 26.5. The summed E-state index contributed by atoms with van der Waals surface area (Å²) in [6.45, 7) is 9.53. The number of nitrogens with one attached hydrogen (secondary N) is 2. The summed E-state index contributed by atoms with van der Waals surface area (Å²) in [6, 6.07) is 3.26. The molecule has 1 fully saturated rings. The summed E-state index contributed by atoms with van der Waals surface area (Å²) in [6.07, 6.45) is 3.96. The second-order valence-corrected chi connectivity index (χ2v) is 11.8. The van der Waals surface area contributed by atoms with Crippen molar-refractivity contribution in [3.05, 3.63) is 59.7 Å². The number of fused-ring (bicyclic) bond motifs is 1. The molecule has 4 N–H and O–H groups in total. The van der Waals surface area contributed by atoms with Crippen molar-refractivity contribution >= 4 is 35.7 Å². The molecule has 1 aliphatic heterocycles. The maximum absolute atomic E-state index is 14.6. The largest absolute Gasteiger partial charge is 0.453 e. The fourth-order valence-corrected chi connectivity index (χ4v) is 5.24. The van der Waals surface area contributed by atoms with Gasteiger partial charge in [-0.2, -0.15) is 10.2 Å². The quantitative estimate of drug-likeness (QED) is 0.214. The Kier molecular flexibility index (Phi) is 10.4. The lowest BCUT2D eigenvalue weighted by Crippen LogP contribution is -2.52. The summed E-state index contributed by atoms with van der Waals surface area (Å²) in [5.74, 6) is -1.17. The first kappa shape index (κ1) is 33.7. The van der Waals surface area contributed by atoms with Crippen molar-refractivity contribution in [2.24, 2.45) is 17.6 Å². The first-order valence-corrected chi connectivity index (χ1v) is 14.7. The van der Waals surface area contributed by atoms with Crippen LogP contribution in [0.15, 0.2) is 36.7 Å². The van der Waals surface area contributed by atoms with Crippen molar-refractivity contribution in [2.45, 2.75) is 71.7 Å². The van der Waals surface area contributed by atoms with Gasteiger partial charge in [0.25, 0.3) is 0 Å². The Hall–Kier alpha value is -4.17. The number of aromatic nitrogens is 6. The SMILES string of the molecule is CC(C)[C@H](N)C(=O)N[C@H](C(=O)O[C@@H](C)c1nc(-c2cnn3ccc(N4CCC[C@@H]4c4cc(F)ccc4F)nc23)n[nH]1)C(C)C.Cl. The van der Waals surface area contributed by atoms with Gasteiger partial charge in [0.1, 0.15) is 23.5 Å². The molecule has 4 aromatic rings. The third-order valence-electron chi connectivity index (χ3n) is 7.88. The van der Waals surface area contributed by atoms with Crippen LogP contribution in [0.5, 0.6) is 0 Å². The van der Waals surface area contributed by atoms with Gasteiger partial charge in [-0.05, 0) is 55.9 Å². The molecule has 1 saturated heterocycles. The van der Waals surface area contributed by atoms with Crippen LogP contribution in [0.2, 0.25) is 0 Å². The van der Waals surface area contributed by atoms with Gasteiger partial charge in [-0.15, -0.1) is 12.4 Å².